The second-order valence-corrected chi connectivity index (χ2v) is 7.68. The number of aryl methyl sites for hydroxylation is 3. The summed E-state index contributed by atoms with van der Waals surface area (Å²) in [4.78, 5) is 20.9. The molecule has 0 atom stereocenters. The van der Waals surface area contributed by atoms with Gasteiger partial charge in [0.1, 0.15) is 11.3 Å². The Morgan fingerprint density at radius 3 is 2.32 bits per heavy atom. The Kier molecular flexibility index (Phi) is 5.67. The Morgan fingerprint density at radius 1 is 1.00 bits per heavy atom. The zero-order valence-electron chi connectivity index (χ0n) is 18.0. The van der Waals surface area contributed by atoms with Gasteiger partial charge < -0.3 is 9.67 Å². The molecule has 156 valence electrons. The third-order valence-corrected chi connectivity index (χ3v) is 5.38. The maximum atomic E-state index is 11.4. The number of aliphatic carboxylic acids is 1. The quantitative estimate of drug-likeness (QED) is 0.444. The van der Waals surface area contributed by atoms with Crippen molar-refractivity contribution in [1.29, 1.82) is 0 Å². The van der Waals surface area contributed by atoms with E-state index in [2.05, 4.69) is 24.5 Å². The highest BCUT2D eigenvalue weighted by Crippen LogP contribution is 2.25. The smallest absolute Gasteiger partial charge is 0.328 e. The zero-order valence-corrected chi connectivity index (χ0v) is 18.0. The van der Waals surface area contributed by atoms with E-state index in [1.54, 1.807) is 0 Å². The van der Waals surface area contributed by atoms with Crippen molar-refractivity contribution in [2.45, 2.75) is 33.7 Å². The molecule has 2 aromatic carbocycles. The van der Waals surface area contributed by atoms with Gasteiger partial charge in [0.15, 0.2) is 5.65 Å². The second kappa shape index (κ2) is 8.56. The monoisotopic (exact) mass is 411 g/mol. The minimum absolute atomic E-state index is 0.666. The van der Waals surface area contributed by atoms with Gasteiger partial charge in [0.05, 0.1) is 6.54 Å². The van der Waals surface area contributed by atoms with Gasteiger partial charge in [0.25, 0.3) is 0 Å². The lowest BCUT2D eigenvalue weighted by molar-refractivity contribution is -0.131. The SMILES string of the molecule is CCc1nc2c(C)cc(C)nc2n1Cc1ccc(/C(=C/C(=O)O)c2ccccc2)cc1. The summed E-state index contributed by atoms with van der Waals surface area (Å²) in [5, 5.41) is 9.34. The van der Waals surface area contributed by atoms with Crippen molar-refractivity contribution < 1.29 is 9.90 Å². The van der Waals surface area contributed by atoms with Gasteiger partial charge in [-0.05, 0) is 47.7 Å². The van der Waals surface area contributed by atoms with Gasteiger partial charge in [-0.25, -0.2) is 14.8 Å². The van der Waals surface area contributed by atoms with Crippen LogP contribution in [0, 0.1) is 13.8 Å². The average molecular weight is 412 g/mol. The van der Waals surface area contributed by atoms with Crippen molar-refractivity contribution in [2.75, 3.05) is 0 Å². The highest BCUT2D eigenvalue weighted by Gasteiger charge is 2.14. The summed E-state index contributed by atoms with van der Waals surface area (Å²) in [5.74, 6) is 0.0493. The summed E-state index contributed by atoms with van der Waals surface area (Å²) in [7, 11) is 0. The maximum Gasteiger partial charge on any atom is 0.328 e. The van der Waals surface area contributed by atoms with E-state index < -0.39 is 5.97 Å². The molecule has 0 aliphatic carbocycles. The van der Waals surface area contributed by atoms with Gasteiger partial charge in [-0.3, -0.25) is 0 Å². The minimum Gasteiger partial charge on any atom is -0.478 e. The summed E-state index contributed by atoms with van der Waals surface area (Å²) in [5.41, 5.74) is 7.53. The van der Waals surface area contributed by atoms with Gasteiger partial charge >= 0.3 is 5.97 Å². The molecule has 0 unspecified atom stereocenters. The van der Waals surface area contributed by atoms with Crippen molar-refractivity contribution >= 4 is 22.7 Å². The summed E-state index contributed by atoms with van der Waals surface area (Å²) < 4.78 is 2.18. The number of hydrogen-bond donors (Lipinski definition) is 1. The number of pyridine rings is 1. The molecule has 0 aliphatic heterocycles. The number of fused-ring (bicyclic) bond motifs is 1. The van der Waals surface area contributed by atoms with Crippen LogP contribution in [-0.4, -0.2) is 25.6 Å². The van der Waals surface area contributed by atoms with Crippen molar-refractivity contribution in [3.63, 3.8) is 0 Å². The third-order valence-electron chi connectivity index (χ3n) is 5.38. The predicted molar refractivity (Wildman–Crippen MR) is 123 cm³/mol. The predicted octanol–water partition coefficient (Wildman–Crippen LogP) is 5.18. The van der Waals surface area contributed by atoms with Gasteiger partial charge in [0, 0.05) is 18.2 Å². The van der Waals surface area contributed by atoms with Crippen LogP contribution in [0.25, 0.3) is 16.7 Å². The van der Waals surface area contributed by atoms with Gasteiger partial charge in [-0.2, -0.15) is 0 Å². The molecule has 5 nitrogen and oxygen atoms in total. The number of aromatic nitrogens is 3. The van der Waals surface area contributed by atoms with Crippen LogP contribution in [0.4, 0.5) is 0 Å². The van der Waals surface area contributed by atoms with Gasteiger partial charge in [0.2, 0.25) is 0 Å². The first-order chi connectivity index (χ1) is 15.0. The molecule has 0 spiro atoms. The molecule has 31 heavy (non-hydrogen) atoms. The van der Waals surface area contributed by atoms with E-state index in [1.807, 2.05) is 61.5 Å². The maximum absolute atomic E-state index is 11.4. The molecule has 0 bridgehead atoms. The van der Waals surface area contributed by atoms with E-state index in [1.165, 1.54) is 6.08 Å². The molecule has 5 heteroatoms. The highest BCUT2D eigenvalue weighted by atomic mass is 16.4. The number of carboxylic acid groups (broad SMARTS) is 1. The molecule has 4 aromatic rings. The fraction of sp³-hybridized carbons (Fsp3) is 0.192. The van der Waals surface area contributed by atoms with E-state index in [4.69, 9.17) is 9.97 Å². The summed E-state index contributed by atoms with van der Waals surface area (Å²) in [6.07, 6.45) is 2.09. The van der Waals surface area contributed by atoms with Crippen LogP contribution in [-0.2, 0) is 17.8 Å². The molecular formula is C26H25N3O2. The Morgan fingerprint density at radius 2 is 1.68 bits per heavy atom. The number of carbonyl (C=O) groups is 1. The lowest BCUT2D eigenvalue weighted by Crippen LogP contribution is -2.06. The molecule has 1 N–H and O–H groups in total. The van der Waals surface area contributed by atoms with Crippen LogP contribution in [0.5, 0.6) is 0 Å². The Balaban J connectivity index is 1.70. The first-order valence-electron chi connectivity index (χ1n) is 10.4. The molecule has 0 fully saturated rings. The van der Waals surface area contributed by atoms with Crippen LogP contribution in [0.15, 0.2) is 66.7 Å². The van der Waals surface area contributed by atoms with Crippen molar-refractivity contribution in [1.82, 2.24) is 14.5 Å². The van der Waals surface area contributed by atoms with E-state index in [0.717, 1.165) is 51.4 Å². The van der Waals surface area contributed by atoms with Crippen molar-refractivity contribution in [3.05, 3.63) is 101 Å². The number of benzene rings is 2. The molecule has 4 rings (SSSR count). The van der Waals surface area contributed by atoms with Crippen LogP contribution in [0.2, 0.25) is 0 Å². The molecule has 0 aliphatic rings. The fourth-order valence-corrected chi connectivity index (χ4v) is 3.93. The van der Waals surface area contributed by atoms with Gasteiger partial charge in [-0.15, -0.1) is 0 Å². The number of carboxylic acids is 1. The first-order valence-corrected chi connectivity index (χ1v) is 10.4. The molecule has 0 saturated heterocycles. The first kappa shape index (κ1) is 20.5. The molecule has 2 heterocycles. The molecular weight excluding hydrogens is 386 g/mol. The van der Waals surface area contributed by atoms with Crippen LogP contribution >= 0.6 is 0 Å². The van der Waals surface area contributed by atoms with Crippen molar-refractivity contribution in [2.24, 2.45) is 0 Å². The largest absolute Gasteiger partial charge is 0.478 e. The van der Waals surface area contributed by atoms with E-state index >= 15 is 0 Å². The zero-order chi connectivity index (χ0) is 22.0. The Bertz CT molecular complexity index is 1270. The Hall–Kier alpha value is -3.73. The van der Waals surface area contributed by atoms with Crippen LogP contribution < -0.4 is 0 Å². The van der Waals surface area contributed by atoms with E-state index in [0.29, 0.717) is 12.1 Å². The van der Waals surface area contributed by atoms with Crippen LogP contribution in [0.3, 0.4) is 0 Å². The molecule has 0 saturated carbocycles. The molecule has 0 radical (unpaired) electrons. The Labute approximate surface area is 181 Å². The van der Waals surface area contributed by atoms with E-state index in [9.17, 15) is 9.90 Å². The average Bonchev–Trinajstić information content (AvgIpc) is 3.11. The number of nitrogens with zero attached hydrogens (tertiary/aromatic N) is 3. The molecule has 2 aromatic heterocycles. The minimum atomic E-state index is -0.961. The third kappa shape index (κ3) is 4.26. The highest BCUT2D eigenvalue weighted by molar-refractivity contribution is 5.95. The topological polar surface area (TPSA) is 68.0 Å². The summed E-state index contributed by atoms with van der Waals surface area (Å²) >= 11 is 0. The summed E-state index contributed by atoms with van der Waals surface area (Å²) in [6, 6.07) is 19.7. The van der Waals surface area contributed by atoms with Crippen LogP contribution in [0.1, 0.15) is 40.7 Å². The second-order valence-electron chi connectivity index (χ2n) is 7.68. The van der Waals surface area contributed by atoms with Crippen molar-refractivity contribution in [3.8, 4) is 0 Å². The lowest BCUT2D eigenvalue weighted by atomic mass is 9.96. The fourth-order valence-electron chi connectivity index (χ4n) is 3.93. The lowest BCUT2D eigenvalue weighted by Gasteiger charge is -2.11. The van der Waals surface area contributed by atoms with Gasteiger partial charge in [-0.1, -0.05) is 61.5 Å². The number of hydrogen-bond acceptors (Lipinski definition) is 3. The normalized spacial score (nSPS) is 11.8. The van der Waals surface area contributed by atoms with E-state index in [-0.39, 0.29) is 0 Å². The summed E-state index contributed by atoms with van der Waals surface area (Å²) in [6.45, 7) is 6.84. The molecule has 0 amide bonds. The standard InChI is InChI=1S/C26H25N3O2/c1-4-23-28-25-17(2)14-18(3)27-26(25)29(23)16-19-10-12-21(13-11-19)22(15-24(30)31)20-8-6-5-7-9-20/h5-15H,4,16H2,1-3H3,(H,30,31)/b22-15+. The number of rotatable bonds is 6. The number of imidazole rings is 1.